The molecule has 142 valence electrons. The molecule has 0 aliphatic rings. The second-order valence-electron chi connectivity index (χ2n) is 6.57. The van der Waals surface area contributed by atoms with Gasteiger partial charge >= 0.3 is 0 Å². The van der Waals surface area contributed by atoms with Crippen LogP contribution in [0, 0.1) is 13.8 Å². The molecular weight excluding hydrogens is 372 g/mol. The van der Waals surface area contributed by atoms with E-state index in [1.54, 1.807) is 7.11 Å². The summed E-state index contributed by atoms with van der Waals surface area (Å²) >= 11 is 1.36. The van der Waals surface area contributed by atoms with Gasteiger partial charge in [-0.2, -0.15) is 0 Å². The minimum atomic E-state index is -0.126. The fourth-order valence-electron chi connectivity index (χ4n) is 3.17. The minimum absolute atomic E-state index is 0.126. The first-order chi connectivity index (χ1) is 13.6. The Labute approximate surface area is 166 Å². The number of amides is 1. The molecule has 0 aliphatic heterocycles. The largest absolute Gasteiger partial charge is 0.495 e. The summed E-state index contributed by atoms with van der Waals surface area (Å²) < 4.78 is 7.31. The number of nitrogens with zero attached hydrogens (tertiary/aromatic N) is 3. The van der Waals surface area contributed by atoms with Gasteiger partial charge in [0.25, 0.3) is 0 Å². The van der Waals surface area contributed by atoms with Crippen LogP contribution in [0.5, 0.6) is 5.75 Å². The number of benzene rings is 2. The summed E-state index contributed by atoms with van der Waals surface area (Å²) in [7, 11) is 1.58. The maximum Gasteiger partial charge on any atom is 0.234 e. The summed E-state index contributed by atoms with van der Waals surface area (Å²) in [6.45, 7) is 4.08. The topological polar surface area (TPSA) is 68.5 Å². The number of hydrogen-bond donors (Lipinski definition) is 1. The molecule has 0 fully saturated rings. The predicted octanol–water partition coefficient (Wildman–Crippen LogP) is 4.24. The maximum atomic E-state index is 12.5. The molecule has 4 aromatic rings. The third-order valence-corrected chi connectivity index (χ3v) is 5.43. The lowest BCUT2D eigenvalue weighted by Gasteiger charge is -2.10. The van der Waals surface area contributed by atoms with Crippen molar-refractivity contribution in [3.05, 3.63) is 59.7 Å². The molecule has 2 aromatic carbocycles. The lowest BCUT2D eigenvalue weighted by Crippen LogP contribution is -2.15. The molecule has 0 saturated carbocycles. The highest BCUT2D eigenvalue weighted by molar-refractivity contribution is 7.99. The maximum absolute atomic E-state index is 12.5. The number of nitrogens with one attached hydrogen (secondary N) is 1. The van der Waals surface area contributed by atoms with E-state index in [1.807, 2.05) is 35.6 Å². The number of methoxy groups -OCH3 is 1. The van der Waals surface area contributed by atoms with Crippen LogP contribution in [-0.4, -0.2) is 33.4 Å². The van der Waals surface area contributed by atoms with Crippen molar-refractivity contribution in [3.63, 3.8) is 0 Å². The van der Waals surface area contributed by atoms with Crippen LogP contribution in [-0.2, 0) is 4.79 Å². The SMILES string of the molecule is COc1ccccc1NC(=O)CSc1nnc2c(C)cc3ccc(C)cc3n12. The van der Waals surface area contributed by atoms with Crippen LogP contribution in [0.4, 0.5) is 5.69 Å². The van der Waals surface area contributed by atoms with Crippen molar-refractivity contribution in [1.29, 1.82) is 0 Å². The standard InChI is InChI=1S/C21H20N4O2S/c1-13-8-9-15-11-14(2)20-23-24-21(25(20)17(15)10-13)28-12-19(26)22-16-6-4-5-7-18(16)27-3/h4-11H,12H2,1-3H3,(H,22,26). The molecule has 0 atom stereocenters. The molecule has 0 aliphatic carbocycles. The molecule has 2 heterocycles. The lowest BCUT2D eigenvalue weighted by molar-refractivity contribution is -0.113. The van der Waals surface area contributed by atoms with Crippen LogP contribution in [0.2, 0.25) is 0 Å². The van der Waals surface area contributed by atoms with E-state index in [9.17, 15) is 4.79 Å². The van der Waals surface area contributed by atoms with Crippen LogP contribution in [0.25, 0.3) is 16.6 Å². The number of hydrogen-bond acceptors (Lipinski definition) is 5. The lowest BCUT2D eigenvalue weighted by atomic mass is 10.1. The highest BCUT2D eigenvalue weighted by atomic mass is 32.2. The number of fused-ring (bicyclic) bond motifs is 3. The molecule has 2 aromatic heterocycles. The molecule has 1 amide bonds. The number of aromatic nitrogens is 3. The predicted molar refractivity (Wildman–Crippen MR) is 112 cm³/mol. The number of pyridine rings is 1. The first-order valence-corrected chi connectivity index (χ1v) is 9.86. The Hall–Kier alpha value is -3.06. The summed E-state index contributed by atoms with van der Waals surface area (Å²) in [6.07, 6.45) is 0. The molecule has 6 nitrogen and oxygen atoms in total. The molecule has 0 radical (unpaired) electrons. The number of carbonyl (C=O) groups is 1. The van der Waals surface area contributed by atoms with Gasteiger partial charge in [-0.1, -0.05) is 36.0 Å². The van der Waals surface area contributed by atoms with Crippen LogP contribution in [0.15, 0.2) is 53.7 Å². The fraction of sp³-hybridized carbons (Fsp3) is 0.190. The molecular formula is C21H20N4O2S. The molecule has 0 saturated heterocycles. The minimum Gasteiger partial charge on any atom is -0.495 e. The number of para-hydroxylation sites is 2. The summed E-state index contributed by atoms with van der Waals surface area (Å²) in [4.78, 5) is 12.5. The van der Waals surface area contributed by atoms with E-state index in [0.29, 0.717) is 16.6 Å². The van der Waals surface area contributed by atoms with Crippen LogP contribution in [0.3, 0.4) is 0 Å². The van der Waals surface area contributed by atoms with Crippen molar-refractivity contribution in [2.75, 3.05) is 18.2 Å². The quantitative estimate of drug-likeness (QED) is 0.515. The summed E-state index contributed by atoms with van der Waals surface area (Å²) in [5.74, 6) is 0.727. The Morgan fingerprint density at radius 2 is 1.96 bits per heavy atom. The van der Waals surface area contributed by atoms with Gasteiger partial charge in [0.15, 0.2) is 10.8 Å². The van der Waals surface area contributed by atoms with E-state index in [-0.39, 0.29) is 11.7 Å². The monoisotopic (exact) mass is 392 g/mol. The van der Waals surface area contributed by atoms with Crippen molar-refractivity contribution in [3.8, 4) is 5.75 Å². The van der Waals surface area contributed by atoms with Crippen molar-refractivity contribution in [2.45, 2.75) is 19.0 Å². The number of rotatable bonds is 5. The molecule has 0 unspecified atom stereocenters. The van der Waals surface area contributed by atoms with Crippen molar-refractivity contribution < 1.29 is 9.53 Å². The molecule has 4 rings (SSSR count). The van der Waals surface area contributed by atoms with Crippen LogP contribution < -0.4 is 10.1 Å². The number of ether oxygens (including phenoxy) is 1. The molecule has 1 N–H and O–H groups in total. The van der Waals surface area contributed by atoms with Gasteiger partial charge < -0.3 is 10.1 Å². The summed E-state index contributed by atoms with van der Waals surface area (Å²) in [5.41, 5.74) is 4.72. The second-order valence-corrected chi connectivity index (χ2v) is 7.51. The van der Waals surface area contributed by atoms with E-state index in [0.717, 1.165) is 27.7 Å². The van der Waals surface area contributed by atoms with Crippen molar-refractivity contribution in [2.24, 2.45) is 0 Å². The van der Waals surface area contributed by atoms with Gasteiger partial charge in [-0.05, 0) is 54.6 Å². The zero-order valence-corrected chi connectivity index (χ0v) is 16.7. The Kier molecular flexibility index (Phi) is 4.92. The molecule has 0 spiro atoms. The average Bonchev–Trinajstić information content (AvgIpc) is 3.12. The average molecular weight is 392 g/mol. The van der Waals surface area contributed by atoms with E-state index >= 15 is 0 Å². The van der Waals surface area contributed by atoms with Gasteiger partial charge in [-0.25, -0.2) is 0 Å². The number of thioether (sulfide) groups is 1. The van der Waals surface area contributed by atoms with Crippen molar-refractivity contribution >= 4 is 39.9 Å². The van der Waals surface area contributed by atoms with E-state index in [2.05, 4.69) is 46.7 Å². The van der Waals surface area contributed by atoms with E-state index in [4.69, 9.17) is 4.74 Å². The number of anilines is 1. The van der Waals surface area contributed by atoms with E-state index < -0.39 is 0 Å². The summed E-state index contributed by atoms with van der Waals surface area (Å²) in [5, 5.41) is 13.4. The smallest absolute Gasteiger partial charge is 0.234 e. The van der Waals surface area contributed by atoms with E-state index in [1.165, 1.54) is 11.8 Å². The van der Waals surface area contributed by atoms with Crippen LogP contribution in [0.1, 0.15) is 11.1 Å². The Morgan fingerprint density at radius 1 is 1.14 bits per heavy atom. The van der Waals surface area contributed by atoms with Gasteiger partial charge in [0.2, 0.25) is 5.91 Å². The molecule has 0 bridgehead atoms. The third-order valence-electron chi connectivity index (χ3n) is 4.50. The highest BCUT2D eigenvalue weighted by Crippen LogP contribution is 2.27. The Morgan fingerprint density at radius 3 is 2.79 bits per heavy atom. The normalized spacial score (nSPS) is 11.1. The zero-order valence-electron chi connectivity index (χ0n) is 15.9. The summed E-state index contributed by atoms with van der Waals surface area (Å²) in [6, 6.07) is 15.8. The first kappa shape index (κ1) is 18.3. The third kappa shape index (κ3) is 3.41. The fourth-order valence-corrected chi connectivity index (χ4v) is 3.91. The first-order valence-electron chi connectivity index (χ1n) is 8.87. The van der Waals surface area contributed by atoms with Gasteiger partial charge in [0.05, 0.1) is 24.1 Å². The van der Waals surface area contributed by atoms with Gasteiger partial charge in [0, 0.05) is 0 Å². The van der Waals surface area contributed by atoms with Crippen LogP contribution >= 0.6 is 11.8 Å². The van der Waals surface area contributed by atoms with Gasteiger partial charge in [-0.15, -0.1) is 10.2 Å². The zero-order chi connectivity index (χ0) is 19.7. The second kappa shape index (κ2) is 7.52. The number of carbonyl (C=O) groups excluding carboxylic acids is 1. The van der Waals surface area contributed by atoms with Crippen molar-refractivity contribution in [1.82, 2.24) is 14.6 Å². The molecule has 28 heavy (non-hydrogen) atoms. The Bertz CT molecular complexity index is 1190. The van der Waals surface area contributed by atoms with Gasteiger partial charge in [-0.3, -0.25) is 9.20 Å². The highest BCUT2D eigenvalue weighted by Gasteiger charge is 2.14. The number of aryl methyl sites for hydroxylation is 2. The Balaban J connectivity index is 1.61. The molecule has 7 heteroatoms. The van der Waals surface area contributed by atoms with Gasteiger partial charge in [0.1, 0.15) is 5.75 Å².